The summed E-state index contributed by atoms with van der Waals surface area (Å²) in [5.41, 5.74) is 2.55. The number of thiazole rings is 1. The highest BCUT2D eigenvalue weighted by molar-refractivity contribution is 7.13. The van der Waals surface area contributed by atoms with Crippen LogP contribution in [-0.4, -0.2) is 46.7 Å². The van der Waals surface area contributed by atoms with Gasteiger partial charge in [-0.1, -0.05) is 12.1 Å². The van der Waals surface area contributed by atoms with Crippen LogP contribution in [0, 0.1) is 0 Å². The van der Waals surface area contributed by atoms with E-state index < -0.39 is 6.61 Å². The van der Waals surface area contributed by atoms with Crippen LogP contribution in [0.5, 0.6) is 5.75 Å². The summed E-state index contributed by atoms with van der Waals surface area (Å²) in [4.78, 5) is 15.6. The second-order valence-corrected chi connectivity index (χ2v) is 9.27. The maximum atomic E-state index is 13.6. The Kier molecular flexibility index (Phi) is 4.36. The van der Waals surface area contributed by atoms with Crippen molar-refractivity contribution in [3.8, 4) is 27.8 Å². The van der Waals surface area contributed by atoms with Crippen LogP contribution in [0.25, 0.3) is 44.2 Å². The van der Waals surface area contributed by atoms with Crippen molar-refractivity contribution in [1.82, 2.24) is 20.3 Å². The number of aromatic nitrogens is 3. The van der Waals surface area contributed by atoms with Crippen LogP contribution in [0.1, 0.15) is 6.42 Å². The zero-order valence-electron chi connectivity index (χ0n) is 17.6. The van der Waals surface area contributed by atoms with Crippen molar-refractivity contribution in [1.29, 1.82) is 0 Å². The smallest absolute Gasteiger partial charge is 0.387 e. The molecule has 0 saturated carbocycles. The number of ether oxygens (including phenoxy) is 1. The van der Waals surface area contributed by atoms with Crippen LogP contribution >= 0.6 is 11.3 Å². The topological polar surface area (TPSA) is 89.5 Å². The van der Waals surface area contributed by atoms with Crippen molar-refractivity contribution in [2.75, 3.05) is 18.0 Å². The maximum absolute atomic E-state index is 13.6. The standard InChI is InChI=1S/C23H17F2N5O3S/c24-22(25)32-18-13(20-28-15-3-1-2-4-16(15)31-20)8-14(21-26-5-6-34-21)19-17(18)29-23(33-19)30-9-11-7-12(10-30)27-11/h1-6,8,11-12,22,27H,7,9-10H2. The van der Waals surface area contributed by atoms with E-state index in [1.165, 1.54) is 11.3 Å². The molecular weight excluding hydrogens is 464 g/mol. The maximum Gasteiger partial charge on any atom is 0.387 e. The molecule has 0 aliphatic carbocycles. The zero-order valence-corrected chi connectivity index (χ0v) is 18.4. The zero-order chi connectivity index (χ0) is 22.8. The number of fused-ring (bicyclic) bond motifs is 4. The summed E-state index contributed by atoms with van der Waals surface area (Å²) in [6.45, 7) is -1.60. The van der Waals surface area contributed by atoms with Gasteiger partial charge in [-0.2, -0.15) is 13.8 Å². The van der Waals surface area contributed by atoms with Crippen LogP contribution in [0.4, 0.5) is 14.8 Å². The minimum Gasteiger partial charge on any atom is -0.436 e. The predicted molar refractivity (Wildman–Crippen MR) is 122 cm³/mol. The summed E-state index contributed by atoms with van der Waals surface area (Å²) >= 11 is 1.41. The number of nitrogens with zero attached hydrogens (tertiary/aromatic N) is 4. The molecule has 3 fully saturated rings. The van der Waals surface area contributed by atoms with Gasteiger partial charge in [0.1, 0.15) is 10.5 Å². The molecule has 1 N–H and O–H groups in total. The molecule has 8 nitrogen and oxygen atoms in total. The molecule has 6 heterocycles. The molecule has 34 heavy (non-hydrogen) atoms. The molecule has 0 radical (unpaired) electrons. The summed E-state index contributed by atoms with van der Waals surface area (Å²) < 4.78 is 44.3. The molecule has 3 aliphatic rings. The molecule has 5 aromatic rings. The Morgan fingerprint density at radius 1 is 1.12 bits per heavy atom. The Hall–Kier alpha value is -3.57. The van der Waals surface area contributed by atoms with E-state index in [2.05, 4.69) is 20.3 Å². The van der Waals surface area contributed by atoms with Gasteiger partial charge in [0.05, 0.1) is 11.1 Å². The van der Waals surface area contributed by atoms with Gasteiger partial charge in [-0.3, -0.25) is 0 Å². The van der Waals surface area contributed by atoms with Gasteiger partial charge in [0.15, 0.2) is 22.4 Å². The number of rotatable bonds is 5. The lowest BCUT2D eigenvalue weighted by atomic mass is 9.92. The number of hydrogen-bond donors (Lipinski definition) is 1. The van der Waals surface area contributed by atoms with Crippen LogP contribution in [0.3, 0.4) is 0 Å². The third kappa shape index (κ3) is 3.15. The summed E-state index contributed by atoms with van der Waals surface area (Å²) in [5, 5.41) is 5.97. The number of hydrogen-bond acceptors (Lipinski definition) is 9. The Labute approximate surface area is 195 Å². The highest BCUT2D eigenvalue weighted by atomic mass is 32.1. The SMILES string of the molecule is FC(F)Oc1c(-c2nc3ccccc3o2)cc(-c2nccs2)c2oc(N3CC4CC(C3)N4)nc12. The van der Waals surface area contributed by atoms with Gasteiger partial charge in [-0.15, -0.1) is 11.3 Å². The van der Waals surface area contributed by atoms with Crippen LogP contribution in [0.15, 0.2) is 50.7 Å². The van der Waals surface area contributed by atoms with Crippen LogP contribution in [0.2, 0.25) is 0 Å². The van der Waals surface area contributed by atoms with Gasteiger partial charge >= 0.3 is 6.61 Å². The molecule has 3 aromatic heterocycles. The Morgan fingerprint density at radius 3 is 2.68 bits per heavy atom. The van der Waals surface area contributed by atoms with E-state index in [4.69, 9.17) is 13.6 Å². The molecule has 2 bridgehead atoms. The van der Waals surface area contributed by atoms with Crippen molar-refractivity contribution in [2.45, 2.75) is 25.1 Å². The molecule has 0 amide bonds. The van der Waals surface area contributed by atoms with Gasteiger partial charge in [0.2, 0.25) is 5.89 Å². The molecule has 8 rings (SSSR count). The summed E-state index contributed by atoms with van der Waals surface area (Å²) in [6.07, 6.45) is 2.79. The third-order valence-electron chi connectivity index (χ3n) is 6.20. The molecule has 2 aromatic carbocycles. The van der Waals surface area contributed by atoms with Gasteiger partial charge in [-0.25, -0.2) is 9.97 Å². The first-order valence-electron chi connectivity index (χ1n) is 10.8. The van der Waals surface area contributed by atoms with E-state index in [1.54, 1.807) is 24.4 Å². The molecule has 172 valence electrons. The second-order valence-electron chi connectivity index (χ2n) is 8.38. The highest BCUT2D eigenvalue weighted by Gasteiger charge is 2.38. The van der Waals surface area contributed by atoms with Crippen molar-refractivity contribution in [3.05, 3.63) is 41.9 Å². The van der Waals surface area contributed by atoms with Gasteiger partial charge in [-0.05, 0) is 24.6 Å². The van der Waals surface area contributed by atoms with E-state index in [9.17, 15) is 8.78 Å². The van der Waals surface area contributed by atoms with Gasteiger partial charge in [0, 0.05) is 36.8 Å². The van der Waals surface area contributed by atoms with Gasteiger partial charge in [0.25, 0.3) is 6.01 Å². The minimum absolute atomic E-state index is 0.132. The summed E-state index contributed by atoms with van der Waals surface area (Å²) in [5.74, 6) is 0.0247. The third-order valence-corrected chi connectivity index (χ3v) is 7.00. The molecule has 0 spiro atoms. The summed E-state index contributed by atoms with van der Waals surface area (Å²) in [6, 6.07) is 10.0. The average molecular weight is 481 g/mol. The normalized spacial score (nSPS) is 19.8. The largest absolute Gasteiger partial charge is 0.436 e. The lowest BCUT2D eigenvalue weighted by Crippen LogP contribution is -2.67. The van der Waals surface area contributed by atoms with E-state index >= 15 is 0 Å². The Balaban J connectivity index is 1.47. The monoisotopic (exact) mass is 481 g/mol. The van der Waals surface area contributed by atoms with Crippen molar-refractivity contribution in [2.24, 2.45) is 0 Å². The van der Waals surface area contributed by atoms with E-state index in [0.717, 1.165) is 19.5 Å². The predicted octanol–water partition coefficient (Wildman–Crippen LogP) is 4.91. The number of halogens is 2. The van der Waals surface area contributed by atoms with Crippen LogP contribution in [-0.2, 0) is 0 Å². The molecule has 3 aliphatic heterocycles. The van der Waals surface area contributed by atoms with Crippen LogP contribution < -0.4 is 15.0 Å². The number of nitrogens with one attached hydrogen (secondary N) is 1. The fourth-order valence-corrected chi connectivity index (χ4v) is 5.37. The first-order valence-corrected chi connectivity index (χ1v) is 11.7. The molecular formula is C23H17F2N5O3S. The fourth-order valence-electron chi connectivity index (χ4n) is 4.72. The quantitative estimate of drug-likeness (QED) is 0.379. The number of para-hydroxylation sites is 2. The second kappa shape index (κ2) is 7.47. The Bertz CT molecular complexity index is 1470. The minimum atomic E-state index is -3.07. The van der Waals surface area contributed by atoms with E-state index in [1.807, 2.05) is 22.4 Å². The molecule has 3 saturated heterocycles. The number of piperidine rings is 1. The van der Waals surface area contributed by atoms with Crippen molar-refractivity contribution < 1.29 is 22.4 Å². The van der Waals surface area contributed by atoms with E-state index in [0.29, 0.717) is 45.4 Å². The molecule has 11 heteroatoms. The average Bonchev–Trinajstić information content (AvgIpc) is 3.57. The fraction of sp³-hybridized carbons (Fsp3) is 0.261. The molecule has 2 unspecified atom stereocenters. The van der Waals surface area contributed by atoms with Crippen molar-refractivity contribution in [3.63, 3.8) is 0 Å². The number of anilines is 1. The first-order chi connectivity index (χ1) is 16.6. The number of piperazine rings is 1. The summed E-state index contributed by atoms with van der Waals surface area (Å²) in [7, 11) is 0. The van der Waals surface area contributed by atoms with E-state index in [-0.39, 0.29) is 22.7 Å². The number of oxazole rings is 2. The Morgan fingerprint density at radius 2 is 1.94 bits per heavy atom. The first kappa shape index (κ1) is 19.9. The van der Waals surface area contributed by atoms with Crippen molar-refractivity contribution >= 4 is 39.6 Å². The number of alkyl halides is 2. The number of benzene rings is 2. The van der Waals surface area contributed by atoms with Gasteiger partial charge < -0.3 is 23.8 Å². The highest BCUT2D eigenvalue weighted by Crippen LogP contribution is 2.45. The lowest BCUT2D eigenvalue weighted by molar-refractivity contribution is -0.0485. The lowest BCUT2D eigenvalue weighted by Gasteiger charge is -2.47. The molecule has 2 atom stereocenters.